The molecular weight excluding hydrogens is 384 g/mol. The fourth-order valence-electron chi connectivity index (χ4n) is 3.67. The molecule has 1 aromatic carbocycles. The second-order valence-electron chi connectivity index (χ2n) is 7.32. The third-order valence-corrected chi connectivity index (χ3v) is 5.91. The number of hydrogen-bond donors (Lipinski definition) is 1. The van der Waals surface area contributed by atoms with Crippen LogP contribution in [0.2, 0.25) is 0 Å². The second-order valence-corrected chi connectivity index (χ2v) is 8.67. The number of hydrogen-bond acceptors (Lipinski definition) is 7. The van der Waals surface area contributed by atoms with Crippen molar-refractivity contribution in [2.45, 2.75) is 45.4 Å². The molecule has 150 valence electrons. The van der Waals surface area contributed by atoms with Gasteiger partial charge in [-0.1, -0.05) is 6.92 Å². The number of non-ortho nitro benzene ring substituents is 1. The van der Waals surface area contributed by atoms with Gasteiger partial charge in [-0.25, -0.2) is 4.79 Å². The van der Waals surface area contributed by atoms with Crippen molar-refractivity contribution in [3.63, 3.8) is 0 Å². The number of carbonyl (C=O) groups is 2. The standard InChI is InChI=1S/C19H22N2O6S/c1-4-28-14-9-13-15(19(2,3)24)17(22)20(13)16(14)18(23)27-10-11-5-7-12(8-6-11)21(25)26/h5-8,13,15,24H,4,9-10H2,1-3H3/t13-,15-/m0/s1. The summed E-state index contributed by atoms with van der Waals surface area (Å²) in [5.41, 5.74) is -0.326. The Kier molecular flexibility index (Phi) is 5.49. The number of rotatable bonds is 7. The van der Waals surface area contributed by atoms with Crippen LogP contribution in [0, 0.1) is 16.0 Å². The lowest BCUT2D eigenvalue weighted by molar-refractivity contribution is -0.384. The first-order valence-electron chi connectivity index (χ1n) is 8.97. The molecule has 2 heterocycles. The molecule has 0 saturated carbocycles. The van der Waals surface area contributed by atoms with Gasteiger partial charge in [0, 0.05) is 23.5 Å². The summed E-state index contributed by atoms with van der Waals surface area (Å²) in [7, 11) is 0. The van der Waals surface area contributed by atoms with Crippen LogP contribution in [0.1, 0.15) is 32.8 Å². The highest BCUT2D eigenvalue weighted by Gasteiger charge is 2.59. The molecule has 2 atom stereocenters. The zero-order chi connectivity index (χ0) is 20.6. The Morgan fingerprint density at radius 1 is 1.39 bits per heavy atom. The highest BCUT2D eigenvalue weighted by Crippen LogP contribution is 2.49. The molecule has 1 N–H and O–H groups in total. The minimum Gasteiger partial charge on any atom is -0.456 e. The summed E-state index contributed by atoms with van der Waals surface area (Å²) >= 11 is 1.49. The molecule has 1 aromatic rings. The first kappa shape index (κ1) is 20.3. The van der Waals surface area contributed by atoms with Gasteiger partial charge in [0.2, 0.25) is 5.91 Å². The molecule has 1 amide bonds. The lowest BCUT2D eigenvalue weighted by Crippen LogP contribution is -2.65. The van der Waals surface area contributed by atoms with Crippen LogP contribution in [0.25, 0.3) is 0 Å². The van der Waals surface area contributed by atoms with E-state index in [2.05, 4.69) is 0 Å². The summed E-state index contributed by atoms with van der Waals surface area (Å²) in [6.45, 7) is 5.11. The summed E-state index contributed by atoms with van der Waals surface area (Å²) in [4.78, 5) is 37.7. The lowest BCUT2D eigenvalue weighted by atomic mass is 9.76. The molecule has 9 heteroatoms. The summed E-state index contributed by atoms with van der Waals surface area (Å²) in [6.07, 6.45) is 0.529. The van der Waals surface area contributed by atoms with Gasteiger partial charge in [0.05, 0.1) is 22.5 Å². The van der Waals surface area contributed by atoms with E-state index in [4.69, 9.17) is 4.74 Å². The zero-order valence-electron chi connectivity index (χ0n) is 15.9. The highest BCUT2D eigenvalue weighted by molar-refractivity contribution is 8.03. The number of nitro groups is 1. The van der Waals surface area contributed by atoms with Crippen LogP contribution in [-0.4, -0.2) is 44.2 Å². The van der Waals surface area contributed by atoms with Gasteiger partial charge in [-0.05, 0) is 37.3 Å². The summed E-state index contributed by atoms with van der Waals surface area (Å²) < 4.78 is 5.37. The van der Waals surface area contributed by atoms with E-state index in [1.807, 2.05) is 6.92 Å². The van der Waals surface area contributed by atoms with Crippen LogP contribution in [0.4, 0.5) is 5.69 Å². The number of esters is 1. The quantitative estimate of drug-likeness (QED) is 0.321. The molecule has 0 aliphatic carbocycles. The topological polar surface area (TPSA) is 110 Å². The molecule has 2 aliphatic heterocycles. The van der Waals surface area contributed by atoms with Crippen molar-refractivity contribution < 1.29 is 24.4 Å². The van der Waals surface area contributed by atoms with E-state index in [0.29, 0.717) is 12.0 Å². The molecule has 2 aliphatic rings. The average Bonchev–Trinajstić information content (AvgIpc) is 2.93. The first-order chi connectivity index (χ1) is 13.1. The Morgan fingerprint density at radius 3 is 2.57 bits per heavy atom. The lowest BCUT2D eigenvalue weighted by Gasteiger charge is -2.48. The number of ether oxygens (including phenoxy) is 1. The van der Waals surface area contributed by atoms with Crippen molar-refractivity contribution in [1.82, 2.24) is 4.90 Å². The number of β-lactam (4-membered cyclic amide) rings is 1. The van der Waals surface area contributed by atoms with E-state index in [9.17, 15) is 24.8 Å². The maximum atomic E-state index is 12.7. The maximum Gasteiger partial charge on any atom is 0.356 e. The fourth-order valence-corrected chi connectivity index (χ4v) is 4.62. The minimum absolute atomic E-state index is 0.0399. The van der Waals surface area contributed by atoms with E-state index >= 15 is 0 Å². The molecule has 28 heavy (non-hydrogen) atoms. The van der Waals surface area contributed by atoms with Crippen LogP contribution in [0.15, 0.2) is 34.9 Å². The number of fused-ring (bicyclic) bond motifs is 1. The summed E-state index contributed by atoms with van der Waals surface area (Å²) in [5, 5.41) is 21.0. The largest absolute Gasteiger partial charge is 0.456 e. The predicted molar refractivity (Wildman–Crippen MR) is 103 cm³/mol. The number of thioether (sulfide) groups is 1. The van der Waals surface area contributed by atoms with Gasteiger partial charge in [-0.2, -0.15) is 0 Å². The third kappa shape index (κ3) is 3.64. The van der Waals surface area contributed by atoms with E-state index in [0.717, 1.165) is 10.7 Å². The monoisotopic (exact) mass is 406 g/mol. The summed E-state index contributed by atoms with van der Waals surface area (Å²) in [5.74, 6) is -0.665. The number of carbonyl (C=O) groups excluding carboxylic acids is 2. The van der Waals surface area contributed by atoms with Gasteiger partial charge in [0.15, 0.2) is 0 Å². The van der Waals surface area contributed by atoms with Gasteiger partial charge in [-0.3, -0.25) is 14.9 Å². The Bertz CT molecular complexity index is 843. The number of nitrogens with zero attached hydrogens (tertiary/aromatic N) is 2. The van der Waals surface area contributed by atoms with Crippen molar-refractivity contribution in [1.29, 1.82) is 0 Å². The molecule has 3 rings (SSSR count). The smallest absolute Gasteiger partial charge is 0.356 e. The zero-order valence-corrected chi connectivity index (χ0v) is 16.7. The van der Waals surface area contributed by atoms with Crippen molar-refractivity contribution in [3.8, 4) is 0 Å². The minimum atomic E-state index is -1.15. The Labute approximate surface area is 166 Å². The van der Waals surface area contributed by atoms with E-state index in [-0.39, 0.29) is 29.9 Å². The van der Waals surface area contributed by atoms with Gasteiger partial charge in [0.1, 0.15) is 12.3 Å². The van der Waals surface area contributed by atoms with Crippen molar-refractivity contribution in [2.75, 3.05) is 5.75 Å². The number of benzene rings is 1. The van der Waals surface area contributed by atoms with Crippen LogP contribution in [-0.2, 0) is 20.9 Å². The predicted octanol–water partition coefficient (Wildman–Crippen LogP) is 2.60. The average molecular weight is 406 g/mol. The molecule has 1 saturated heterocycles. The van der Waals surface area contributed by atoms with E-state index < -0.39 is 22.4 Å². The molecule has 0 aromatic heterocycles. The molecule has 1 fully saturated rings. The normalized spacial score (nSPS) is 21.4. The molecular formula is C19H22N2O6S. The van der Waals surface area contributed by atoms with E-state index in [1.54, 1.807) is 13.8 Å². The summed E-state index contributed by atoms with van der Waals surface area (Å²) in [6, 6.07) is 5.51. The van der Waals surface area contributed by atoms with Gasteiger partial charge in [-0.15, -0.1) is 11.8 Å². The second kappa shape index (κ2) is 7.56. The van der Waals surface area contributed by atoms with Crippen LogP contribution in [0.3, 0.4) is 0 Å². The molecule has 0 unspecified atom stereocenters. The Hall–Kier alpha value is -2.39. The van der Waals surface area contributed by atoms with E-state index in [1.165, 1.54) is 40.9 Å². The van der Waals surface area contributed by atoms with Crippen LogP contribution < -0.4 is 0 Å². The molecule has 0 radical (unpaired) electrons. The van der Waals surface area contributed by atoms with Crippen LogP contribution >= 0.6 is 11.8 Å². The fraction of sp³-hybridized carbons (Fsp3) is 0.474. The molecule has 8 nitrogen and oxygen atoms in total. The molecule has 0 spiro atoms. The van der Waals surface area contributed by atoms with Gasteiger partial charge in [0.25, 0.3) is 5.69 Å². The Balaban J connectivity index is 1.73. The highest BCUT2D eigenvalue weighted by atomic mass is 32.2. The SMILES string of the molecule is CCSC1=C(C(=O)OCc2ccc([N+](=O)[O-])cc2)N2C(=O)[C@@H](C(C)(C)O)[C@@H]2C1. The number of amides is 1. The maximum absolute atomic E-state index is 12.7. The van der Waals surface area contributed by atoms with Gasteiger partial charge >= 0.3 is 5.97 Å². The first-order valence-corrected chi connectivity index (χ1v) is 9.95. The van der Waals surface area contributed by atoms with Crippen molar-refractivity contribution in [2.24, 2.45) is 5.92 Å². The Morgan fingerprint density at radius 2 is 2.04 bits per heavy atom. The number of aliphatic hydroxyl groups is 1. The van der Waals surface area contributed by atoms with Crippen molar-refractivity contribution in [3.05, 3.63) is 50.5 Å². The van der Waals surface area contributed by atoms with Crippen molar-refractivity contribution >= 4 is 29.3 Å². The van der Waals surface area contributed by atoms with Gasteiger partial charge < -0.3 is 14.7 Å². The molecule has 0 bridgehead atoms. The number of nitro benzene ring substituents is 1. The third-order valence-electron chi connectivity index (χ3n) is 4.91. The van der Waals surface area contributed by atoms with Crippen LogP contribution in [0.5, 0.6) is 0 Å².